The zero-order valence-corrected chi connectivity index (χ0v) is 7.02. The molecule has 0 amide bonds. The topological polar surface area (TPSA) is 83.0 Å². The number of furan rings is 1. The SMILES string of the molecule is Cc1ccc(CC(=NO)C(=O)O)o1. The van der Waals surface area contributed by atoms with E-state index < -0.39 is 5.97 Å². The number of hydrogen-bond acceptors (Lipinski definition) is 4. The smallest absolute Gasteiger partial charge is 0.354 e. The zero-order valence-electron chi connectivity index (χ0n) is 7.02. The number of nitrogens with zero attached hydrogens (tertiary/aromatic N) is 1. The molecule has 0 aliphatic heterocycles. The van der Waals surface area contributed by atoms with Crippen LogP contribution in [-0.4, -0.2) is 22.0 Å². The van der Waals surface area contributed by atoms with E-state index in [9.17, 15) is 4.79 Å². The number of aryl methyl sites for hydroxylation is 1. The minimum Gasteiger partial charge on any atom is -0.477 e. The van der Waals surface area contributed by atoms with Gasteiger partial charge >= 0.3 is 5.97 Å². The van der Waals surface area contributed by atoms with Gasteiger partial charge in [0.05, 0.1) is 6.42 Å². The van der Waals surface area contributed by atoms with Crippen LogP contribution in [0.3, 0.4) is 0 Å². The Labute approximate surface area is 74.3 Å². The maximum Gasteiger partial charge on any atom is 0.354 e. The third kappa shape index (κ3) is 2.33. The quantitative estimate of drug-likeness (QED) is 0.416. The molecule has 0 saturated heterocycles. The van der Waals surface area contributed by atoms with Crippen LogP contribution in [0.15, 0.2) is 21.7 Å². The summed E-state index contributed by atoms with van der Waals surface area (Å²) in [7, 11) is 0. The zero-order chi connectivity index (χ0) is 9.84. The Bertz CT molecular complexity index is 340. The molecular weight excluding hydrogens is 174 g/mol. The van der Waals surface area contributed by atoms with E-state index in [1.54, 1.807) is 19.1 Å². The van der Waals surface area contributed by atoms with Gasteiger partial charge in [-0.05, 0) is 19.1 Å². The van der Waals surface area contributed by atoms with Crippen molar-refractivity contribution in [1.29, 1.82) is 0 Å². The minimum atomic E-state index is -1.25. The highest BCUT2D eigenvalue weighted by Gasteiger charge is 2.12. The van der Waals surface area contributed by atoms with Crippen molar-refractivity contribution in [2.75, 3.05) is 0 Å². The summed E-state index contributed by atoms with van der Waals surface area (Å²) in [6, 6.07) is 3.36. The lowest BCUT2D eigenvalue weighted by atomic mass is 10.2. The van der Waals surface area contributed by atoms with Gasteiger partial charge in [0.1, 0.15) is 11.5 Å². The molecule has 1 aromatic heterocycles. The normalized spacial score (nSPS) is 11.6. The summed E-state index contributed by atoms with van der Waals surface area (Å²) in [6.07, 6.45) is -0.0142. The lowest BCUT2D eigenvalue weighted by molar-refractivity contribution is -0.129. The van der Waals surface area contributed by atoms with Gasteiger partial charge in [0.25, 0.3) is 0 Å². The molecule has 13 heavy (non-hydrogen) atoms. The van der Waals surface area contributed by atoms with Gasteiger partial charge in [-0.1, -0.05) is 5.16 Å². The second-order valence-corrected chi connectivity index (χ2v) is 2.54. The second-order valence-electron chi connectivity index (χ2n) is 2.54. The molecule has 70 valence electrons. The number of rotatable bonds is 3. The first kappa shape index (κ1) is 9.31. The van der Waals surface area contributed by atoms with Crippen LogP contribution >= 0.6 is 0 Å². The highest BCUT2D eigenvalue weighted by atomic mass is 16.4. The largest absolute Gasteiger partial charge is 0.477 e. The second kappa shape index (κ2) is 3.75. The van der Waals surface area contributed by atoms with Crippen LogP contribution in [0.2, 0.25) is 0 Å². The molecule has 0 fully saturated rings. The van der Waals surface area contributed by atoms with Crippen molar-refractivity contribution < 1.29 is 19.5 Å². The first-order valence-corrected chi connectivity index (χ1v) is 3.63. The van der Waals surface area contributed by atoms with E-state index in [2.05, 4.69) is 5.16 Å². The summed E-state index contributed by atoms with van der Waals surface area (Å²) >= 11 is 0. The number of hydrogen-bond donors (Lipinski definition) is 2. The fourth-order valence-corrected chi connectivity index (χ4v) is 0.899. The predicted molar refractivity (Wildman–Crippen MR) is 44.0 cm³/mol. The molecule has 0 atom stereocenters. The fraction of sp³-hybridized carbons (Fsp3) is 0.250. The van der Waals surface area contributed by atoms with E-state index in [1.807, 2.05) is 0 Å². The molecule has 0 aliphatic carbocycles. The lowest BCUT2D eigenvalue weighted by Gasteiger charge is -1.94. The predicted octanol–water partition coefficient (Wildman–Crippen LogP) is 1.05. The van der Waals surface area contributed by atoms with Gasteiger partial charge < -0.3 is 14.7 Å². The first-order chi connectivity index (χ1) is 6.13. The minimum absolute atomic E-state index is 0.0142. The van der Waals surface area contributed by atoms with Crippen molar-refractivity contribution in [3.8, 4) is 0 Å². The highest BCUT2D eigenvalue weighted by Crippen LogP contribution is 2.07. The fourth-order valence-electron chi connectivity index (χ4n) is 0.899. The monoisotopic (exact) mass is 183 g/mol. The molecular formula is C8H9NO4. The van der Waals surface area contributed by atoms with E-state index in [1.165, 1.54) is 0 Å². The van der Waals surface area contributed by atoms with Crippen molar-refractivity contribution in [2.24, 2.45) is 5.16 Å². The molecule has 1 rings (SSSR count). The maximum absolute atomic E-state index is 10.4. The number of carboxylic acid groups (broad SMARTS) is 1. The van der Waals surface area contributed by atoms with Crippen molar-refractivity contribution >= 4 is 11.7 Å². The van der Waals surface area contributed by atoms with Gasteiger partial charge in [0.15, 0.2) is 5.71 Å². The van der Waals surface area contributed by atoms with E-state index >= 15 is 0 Å². The molecule has 2 N–H and O–H groups in total. The van der Waals surface area contributed by atoms with Crippen LogP contribution in [-0.2, 0) is 11.2 Å². The van der Waals surface area contributed by atoms with E-state index in [0.717, 1.165) is 0 Å². The Kier molecular flexibility index (Phi) is 2.69. The van der Waals surface area contributed by atoms with E-state index in [4.69, 9.17) is 14.7 Å². The van der Waals surface area contributed by atoms with Gasteiger partial charge in [-0.15, -0.1) is 0 Å². The number of carboxylic acids is 1. The Morgan fingerprint density at radius 3 is 2.69 bits per heavy atom. The van der Waals surface area contributed by atoms with Crippen LogP contribution in [0.5, 0.6) is 0 Å². The molecule has 0 saturated carbocycles. The van der Waals surface area contributed by atoms with E-state index in [-0.39, 0.29) is 12.1 Å². The summed E-state index contributed by atoms with van der Waals surface area (Å²) in [5.74, 6) is -0.0954. The molecule has 0 unspecified atom stereocenters. The van der Waals surface area contributed by atoms with Gasteiger partial charge in [-0.25, -0.2) is 4.79 Å². The van der Waals surface area contributed by atoms with Crippen LogP contribution in [0, 0.1) is 6.92 Å². The standard InChI is InChI=1S/C8H9NO4/c1-5-2-3-6(13-5)4-7(9-12)8(10)11/h2-3,12H,4H2,1H3,(H,10,11). The third-order valence-corrected chi connectivity index (χ3v) is 1.51. The van der Waals surface area contributed by atoms with Gasteiger partial charge in [0.2, 0.25) is 0 Å². The molecule has 5 heteroatoms. The van der Waals surface area contributed by atoms with Crippen molar-refractivity contribution in [1.82, 2.24) is 0 Å². The van der Waals surface area contributed by atoms with Gasteiger partial charge in [0, 0.05) is 0 Å². The number of carbonyl (C=O) groups is 1. The van der Waals surface area contributed by atoms with Crippen LogP contribution < -0.4 is 0 Å². The summed E-state index contributed by atoms with van der Waals surface area (Å²) in [6.45, 7) is 1.75. The Morgan fingerprint density at radius 2 is 2.31 bits per heavy atom. The molecule has 0 aromatic carbocycles. The molecule has 1 heterocycles. The Hall–Kier alpha value is -1.78. The van der Waals surface area contributed by atoms with Crippen LogP contribution in [0.4, 0.5) is 0 Å². The maximum atomic E-state index is 10.4. The van der Waals surface area contributed by atoms with Gasteiger partial charge in [-0.3, -0.25) is 0 Å². The van der Waals surface area contributed by atoms with Crippen LogP contribution in [0.25, 0.3) is 0 Å². The Morgan fingerprint density at radius 1 is 1.62 bits per heavy atom. The highest BCUT2D eigenvalue weighted by molar-refractivity contribution is 6.35. The molecule has 0 bridgehead atoms. The van der Waals surface area contributed by atoms with Gasteiger partial charge in [-0.2, -0.15) is 0 Å². The molecule has 1 aromatic rings. The molecule has 0 aliphatic rings. The molecule has 5 nitrogen and oxygen atoms in total. The molecule has 0 spiro atoms. The Balaban J connectivity index is 2.73. The van der Waals surface area contributed by atoms with Crippen molar-refractivity contribution in [2.45, 2.75) is 13.3 Å². The molecule has 0 radical (unpaired) electrons. The summed E-state index contributed by atoms with van der Waals surface area (Å²) in [4.78, 5) is 10.4. The number of oxime groups is 1. The van der Waals surface area contributed by atoms with E-state index in [0.29, 0.717) is 11.5 Å². The lowest BCUT2D eigenvalue weighted by Crippen LogP contribution is -2.15. The number of aliphatic carboxylic acids is 1. The first-order valence-electron chi connectivity index (χ1n) is 3.63. The summed E-state index contributed by atoms with van der Waals surface area (Å²) < 4.78 is 5.11. The summed E-state index contributed by atoms with van der Waals surface area (Å²) in [5, 5.41) is 19.5. The third-order valence-electron chi connectivity index (χ3n) is 1.51. The van der Waals surface area contributed by atoms with Crippen LogP contribution in [0.1, 0.15) is 11.5 Å². The average Bonchev–Trinajstić information content (AvgIpc) is 2.46. The average molecular weight is 183 g/mol. The van der Waals surface area contributed by atoms with Crippen molar-refractivity contribution in [3.05, 3.63) is 23.7 Å². The van der Waals surface area contributed by atoms with Crippen molar-refractivity contribution in [3.63, 3.8) is 0 Å². The summed E-state index contributed by atoms with van der Waals surface area (Å²) in [5.41, 5.74) is -0.339.